The molecule has 2 aromatic heterocycles. The fourth-order valence-corrected chi connectivity index (χ4v) is 2.45. The molecule has 0 unspecified atom stereocenters. The van der Waals surface area contributed by atoms with Crippen LogP contribution in [-0.2, 0) is 6.54 Å². The predicted octanol–water partition coefficient (Wildman–Crippen LogP) is 2.20. The first kappa shape index (κ1) is 12.8. The van der Waals surface area contributed by atoms with Gasteiger partial charge in [-0.3, -0.25) is 4.79 Å². The number of carbonyl (C=O) groups is 1. The summed E-state index contributed by atoms with van der Waals surface area (Å²) in [5.41, 5.74) is 0. The van der Waals surface area contributed by atoms with Gasteiger partial charge >= 0.3 is 5.95 Å². The van der Waals surface area contributed by atoms with E-state index in [1.54, 1.807) is 6.07 Å². The van der Waals surface area contributed by atoms with Crippen LogP contribution in [0.15, 0.2) is 16.9 Å². The third-order valence-corrected chi connectivity index (χ3v) is 3.72. The van der Waals surface area contributed by atoms with Crippen LogP contribution >= 0.6 is 27.3 Å². The van der Waals surface area contributed by atoms with Gasteiger partial charge in [0, 0.05) is 25.9 Å². The number of carbonyl (C=O) groups excluding carboxylic acids is 1. The summed E-state index contributed by atoms with van der Waals surface area (Å²) < 4.78 is 1.33. The first-order valence-electron chi connectivity index (χ1n) is 4.82. The summed E-state index contributed by atoms with van der Waals surface area (Å²) in [6.07, 6.45) is 0. The van der Waals surface area contributed by atoms with Gasteiger partial charge in [0.05, 0.1) is 4.88 Å². The number of nitro groups is 1. The molecule has 7 nitrogen and oxygen atoms in total. The monoisotopic (exact) mass is 330 g/mol. The SMILES string of the molecule is Cc1ccc(C(=O)Cn2nc([N+](=O)[O-])nc2Br)s1. The van der Waals surface area contributed by atoms with Crippen LogP contribution < -0.4 is 0 Å². The Hall–Kier alpha value is -1.61. The largest absolute Gasteiger partial charge is 0.492 e. The van der Waals surface area contributed by atoms with E-state index in [4.69, 9.17) is 0 Å². The van der Waals surface area contributed by atoms with Gasteiger partial charge in [0.15, 0.2) is 5.78 Å². The van der Waals surface area contributed by atoms with Gasteiger partial charge in [-0.05, 0) is 29.0 Å². The average Bonchev–Trinajstić information content (AvgIpc) is 2.86. The van der Waals surface area contributed by atoms with Crippen molar-refractivity contribution in [3.8, 4) is 0 Å². The van der Waals surface area contributed by atoms with Crippen LogP contribution in [0.4, 0.5) is 5.95 Å². The zero-order valence-corrected chi connectivity index (χ0v) is 11.6. The van der Waals surface area contributed by atoms with Crippen molar-refractivity contribution >= 4 is 39.0 Å². The first-order valence-corrected chi connectivity index (χ1v) is 6.42. The molecule has 0 radical (unpaired) electrons. The standard InChI is InChI=1S/C9H7BrN4O3S/c1-5-2-3-7(18-5)6(15)4-13-8(10)11-9(12-13)14(16)17/h2-3H,4H2,1H3. The molecule has 0 aliphatic rings. The van der Waals surface area contributed by atoms with Crippen molar-refractivity contribution < 1.29 is 9.72 Å². The van der Waals surface area contributed by atoms with Crippen molar-refractivity contribution in [1.29, 1.82) is 0 Å². The van der Waals surface area contributed by atoms with Gasteiger partial charge in [-0.2, -0.15) is 4.68 Å². The van der Waals surface area contributed by atoms with Crippen molar-refractivity contribution in [3.05, 3.63) is 36.7 Å². The zero-order chi connectivity index (χ0) is 13.3. The van der Waals surface area contributed by atoms with Gasteiger partial charge in [-0.1, -0.05) is 0 Å². The molecule has 0 spiro atoms. The molecule has 0 bridgehead atoms. The fraction of sp³-hybridized carbons (Fsp3) is 0.222. The van der Waals surface area contributed by atoms with Gasteiger partial charge in [0.1, 0.15) is 6.54 Å². The zero-order valence-electron chi connectivity index (χ0n) is 9.16. The maximum Gasteiger partial charge on any atom is 0.492 e. The van der Waals surface area contributed by atoms with Crippen LogP contribution in [0, 0.1) is 17.0 Å². The van der Waals surface area contributed by atoms with E-state index in [1.165, 1.54) is 11.3 Å². The molecule has 2 rings (SSSR count). The highest BCUT2D eigenvalue weighted by Crippen LogP contribution is 2.18. The van der Waals surface area contributed by atoms with Crippen LogP contribution in [0.25, 0.3) is 0 Å². The Kier molecular flexibility index (Phi) is 3.53. The number of hydrogen-bond acceptors (Lipinski definition) is 6. The van der Waals surface area contributed by atoms with E-state index in [9.17, 15) is 14.9 Å². The summed E-state index contributed by atoms with van der Waals surface area (Å²) in [7, 11) is 0. The molecular formula is C9H7BrN4O3S. The lowest BCUT2D eigenvalue weighted by Crippen LogP contribution is -2.11. The Balaban J connectivity index is 2.19. The smallest absolute Gasteiger partial charge is 0.390 e. The van der Waals surface area contributed by atoms with Crippen LogP contribution in [0.2, 0.25) is 0 Å². The topological polar surface area (TPSA) is 90.9 Å². The van der Waals surface area contributed by atoms with Gasteiger partial charge in [0.25, 0.3) is 4.73 Å². The minimum absolute atomic E-state index is 0.0820. The van der Waals surface area contributed by atoms with Gasteiger partial charge < -0.3 is 10.1 Å². The number of Topliss-reactive ketones (excluding diaryl/α,β-unsaturated/α-hetero) is 1. The maximum absolute atomic E-state index is 11.9. The molecule has 0 amide bonds. The van der Waals surface area contributed by atoms with Gasteiger partial charge in [0.2, 0.25) is 0 Å². The van der Waals surface area contributed by atoms with E-state index in [1.807, 2.05) is 13.0 Å². The summed E-state index contributed by atoms with van der Waals surface area (Å²) in [4.78, 5) is 26.9. The van der Waals surface area contributed by atoms with E-state index in [-0.39, 0.29) is 17.1 Å². The Morgan fingerprint density at radius 2 is 2.33 bits per heavy atom. The van der Waals surface area contributed by atoms with E-state index in [2.05, 4.69) is 26.0 Å². The summed E-state index contributed by atoms with van der Waals surface area (Å²) in [5, 5.41) is 14.1. The normalized spacial score (nSPS) is 10.6. The van der Waals surface area contributed by atoms with Crippen LogP contribution in [0.3, 0.4) is 0 Å². The Labute approximate surface area is 114 Å². The van der Waals surface area contributed by atoms with Crippen molar-refractivity contribution in [3.63, 3.8) is 0 Å². The minimum Gasteiger partial charge on any atom is -0.390 e. The summed E-state index contributed by atoms with van der Waals surface area (Å²) in [5.74, 6) is -0.689. The van der Waals surface area contributed by atoms with Crippen molar-refractivity contribution in [2.45, 2.75) is 13.5 Å². The van der Waals surface area contributed by atoms with Crippen molar-refractivity contribution in [1.82, 2.24) is 14.8 Å². The van der Waals surface area contributed by atoms with Crippen LogP contribution in [0.5, 0.6) is 0 Å². The lowest BCUT2D eigenvalue weighted by molar-refractivity contribution is -0.394. The lowest BCUT2D eigenvalue weighted by Gasteiger charge is -1.95. The quantitative estimate of drug-likeness (QED) is 0.487. The van der Waals surface area contributed by atoms with Crippen LogP contribution in [0.1, 0.15) is 14.5 Å². The van der Waals surface area contributed by atoms with Crippen LogP contribution in [-0.4, -0.2) is 25.5 Å². The number of thiophene rings is 1. The van der Waals surface area contributed by atoms with E-state index < -0.39 is 10.9 Å². The van der Waals surface area contributed by atoms with Crippen molar-refractivity contribution in [2.75, 3.05) is 0 Å². The molecule has 0 aromatic carbocycles. The number of rotatable bonds is 4. The molecule has 0 saturated heterocycles. The molecule has 18 heavy (non-hydrogen) atoms. The van der Waals surface area contributed by atoms with Crippen molar-refractivity contribution in [2.24, 2.45) is 0 Å². The number of ketones is 1. The summed E-state index contributed by atoms with van der Waals surface area (Å²) in [6.45, 7) is 1.82. The highest BCUT2D eigenvalue weighted by atomic mass is 79.9. The molecular weight excluding hydrogens is 324 g/mol. The summed E-state index contributed by atoms with van der Waals surface area (Å²) >= 11 is 4.40. The molecule has 0 N–H and O–H groups in total. The molecule has 2 heterocycles. The Morgan fingerprint density at radius 3 is 2.83 bits per heavy atom. The first-order chi connectivity index (χ1) is 8.47. The third kappa shape index (κ3) is 2.62. The van der Waals surface area contributed by atoms with E-state index in [0.717, 1.165) is 9.56 Å². The lowest BCUT2D eigenvalue weighted by atomic mass is 10.3. The molecule has 0 aliphatic heterocycles. The van der Waals surface area contributed by atoms with E-state index in [0.29, 0.717) is 4.88 Å². The summed E-state index contributed by atoms with van der Waals surface area (Å²) in [6, 6.07) is 3.57. The molecule has 0 aliphatic carbocycles. The molecule has 2 aromatic rings. The number of aryl methyl sites for hydroxylation is 1. The van der Waals surface area contributed by atoms with E-state index >= 15 is 0 Å². The highest BCUT2D eigenvalue weighted by Gasteiger charge is 2.22. The number of halogens is 1. The number of nitrogens with zero attached hydrogens (tertiary/aromatic N) is 4. The number of hydrogen-bond donors (Lipinski definition) is 0. The molecule has 94 valence electrons. The molecule has 0 atom stereocenters. The highest BCUT2D eigenvalue weighted by molar-refractivity contribution is 9.10. The molecule has 0 fully saturated rings. The molecule has 0 saturated carbocycles. The molecule has 9 heteroatoms. The fourth-order valence-electron chi connectivity index (χ4n) is 1.29. The second-order valence-electron chi connectivity index (χ2n) is 3.43. The average molecular weight is 331 g/mol. The second kappa shape index (κ2) is 4.94. The number of aromatic nitrogens is 3. The predicted molar refractivity (Wildman–Crippen MR) is 67.8 cm³/mol. The maximum atomic E-state index is 11.9. The third-order valence-electron chi connectivity index (χ3n) is 2.09. The Bertz CT molecular complexity index is 621. The van der Waals surface area contributed by atoms with Gasteiger partial charge in [-0.15, -0.1) is 11.3 Å². The second-order valence-corrected chi connectivity index (χ2v) is 5.43. The van der Waals surface area contributed by atoms with Gasteiger partial charge in [-0.25, -0.2) is 0 Å². The minimum atomic E-state index is -0.707. The Morgan fingerprint density at radius 1 is 1.61 bits per heavy atom.